The summed E-state index contributed by atoms with van der Waals surface area (Å²) in [4.78, 5) is 4.85. The Hall–Kier alpha value is -0.100. The van der Waals surface area contributed by atoms with E-state index in [0.717, 1.165) is 19.6 Å². The highest BCUT2D eigenvalue weighted by Gasteiger charge is 2.21. The quantitative estimate of drug-likeness (QED) is 0.702. The molecule has 1 heterocycles. The van der Waals surface area contributed by atoms with Crippen molar-refractivity contribution in [1.82, 2.24) is 10.3 Å². The molecule has 116 valence electrons. The lowest BCUT2D eigenvalue weighted by Gasteiger charge is -2.17. The van der Waals surface area contributed by atoms with Crippen molar-refractivity contribution in [3.63, 3.8) is 0 Å². The van der Waals surface area contributed by atoms with Crippen LogP contribution in [0.3, 0.4) is 0 Å². The van der Waals surface area contributed by atoms with Gasteiger partial charge in [-0.3, -0.25) is 0 Å². The summed E-state index contributed by atoms with van der Waals surface area (Å²) in [7, 11) is 1.74. The molecule has 1 aromatic heterocycles. The zero-order valence-corrected chi connectivity index (χ0v) is 15.0. The number of aromatic nitrogens is 1. The van der Waals surface area contributed by atoms with Crippen LogP contribution in [0.5, 0.6) is 0 Å². The summed E-state index contributed by atoms with van der Waals surface area (Å²) in [6.45, 7) is 8.27. The van der Waals surface area contributed by atoms with Crippen LogP contribution in [-0.2, 0) is 10.2 Å². The van der Waals surface area contributed by atoms with Crippen molar-refractivity contribution in [2.75, 3.05) is 32.3 Å². The number of hydrogen-bond acceptors (Lipinski definition) is 5. The molecule has 0 fully saturated rings. The topological polar surface area (TPSA) is 34.1 Å². The standard InChI is InChI=1S/C15H28N2OS2/c1-15(2,3)13-11-20-14(17-13)12(7-6-10-19-5)16-8-9-18-4/h11-12,16H,6-10H2,1-5H3. The molecule has 0 aliphatic carbocycles. The van der Waals surface area contributed by atoms with Crippen LogP contribution in [0.4, 0.5) is 0 Å². The van der Waals surface area contributed by atoms with Gasteiger partial charge in [0.1, 0.15) is 5.01 Å². The first-order valence-electron chi connectivity index (χ1n) is 7.16. The van der Waals surface area contributed by atoms with Gasteiger partial charge in [0.15, 0.2) is 0 Å². The molecule has 1 unspecified atom stereocenters. The first-order valence-corrected chi connectivity index (χ1v) is 9.43. The molecule has 1 N–H and O–H groups in total. The van der Waals surface area contributed by atoms with Crippen molar-refractivity contribution in [2.45, 2.75) is 45.1 Å². The van der Waals surface area contributed by atoms with Gasteiger partial charge in [-0.25, -0.2) is 4.98 Å². The molecule has 20 heavy (non-hydrogen) atoms. The average Bonchev–Trinajstić information content (AvgIpc) is 2.86. The summed E-state index contributed by atoms with van der Waals surface area (Å²) < 4.78 is 5.13. The first kappa shape index (κ1) is 18.0. The molecule has 1 atom stereocenters. The summed E-state index contributed by atoms with van der Waals surface area (Å²) in [6, 6.07) is 0.360. The number of methoxy groups -OCH3 is 1. The summed E-state index contributed by atoms with van der Waals surface area (Å²) in [6.07, 6.45) is 4.52. The molecule has 0 radical (unpaired) electrons. The van der Waals surface area contributed by atoms with Gasteiger partial charge >= 0.3 is 0 Å². The van der Waals surface area contributed by atoms with Gasteiger partial charge in [0.2, 0.25) is 0 Å². The number of rotatable bonds is 9. The number of hydrogen-bond donors (Lipinski definition) is 1. The highest BCUT2D eigenvalue weighted by molar-refractivity contribution is 7.98. The van der Waals surface area contributed by atoms with Crippen LogP contribution in [0.1, 0.15) is 50.4 Å². The van der Waals surface area contributed by atoms with Crippen molar-refractivity contribution in [3.05, 3.63) is 16.1 Å². The Morgan fingerprint density at radius 2 is 2.20 bits per heavy atom. The van der Waals surface area contributed by atoms with E-state index < -0.39 is 0 Å². The molecular weight excluding hydrogens is 288 g/mol. The summed E-state index contributed by atoms with van der Waals surface area (Å²) in [5.74, 6) is 1.21. The molecule has 5 heteroatoms. The van der Waals surface area contributed by atoms with Gasteiger partial charge in [-0.15, -0.1) is 11.3 Å². The molecule has 1 rings (SSSR count). The summed E-state index contributed by atoms with van der Waals surface area (Å²) in [5, 5.41) is 6.99. The average molecular weight is 317 g/mol. The molecule has 0 saturated heterocycles. The molecule has 0 aliphatic heterocycles. The third-order valence-corrected chi connectivity index (χ3v) is 4.78. The van der Waals surface area contributed by atoms with Gasteiger partial charge in [-0.2, -0.15) is 11.8 Å². The third kappa shape index (κ3) is 6.12. The molecule has 1 aromatic rings. The van der Waals surface area contributed by atoms with Crippen LogP contribution in [0.15, 0.2) is 5.38 Å². The Morgan fingerprint density at radius 1 is 1.45 bits per heavy atom. The van der Waals surface area contributed by atoms with Crippen LogP contribution in [0.25, 0.3) is 0 Å². The van der Waals surface area contributed by atoms with E-state index >= 15 is 0 Å². The lowest BCUT2D eigenvalue weighted by Crippen LogP contribution is -2.25. The minimum Gasteiger partial charge on any atom is -0.383 e. The number of nitrogens with one attached hydrogen (secondary N) is 1. The van der Waals surface area contributed by atoms with E-state index in [4.69, 9.17) is 9.72 Å². The maximum Gasteiger partial charge on any atom is 0.110 e. The molecule has 0 amide bonds. The van der Waals surface area contributed by atoms with E-state index in [0.29, 0.717) is 6.04 Å². The fraction of sp³-hybridized carbons (Fsp3) is 0.800. The molecule has 0 saturated carbocycles. The van der Waals surface area contributed by atoms with Crippen LogP contribution >= 0.6 is 23.1 Å². The van der Waals surface area contributed by atoms with E-state index in [9.17, 15) is 0 Å². The number of ether oxygens (including phenoxy) is 1. The van der Waals surface area contributed by atoms with Gasteiger partial charge < -0.3 is 10.1 Å². The van der Waals surface area contributed by atoms with Crippen LogP contribution in [0.2, 0.25) is 0 Å². The van der Waals surface area contributed by atoms with E-state index in [-0.39, 0.29) is 5.41 Å². The first-order chi connectivity index (χ1) is 9.49. The lowest BCUT2D eigenvalue weighted by atomic mass is 9.93. The third-order valence-electron chi connectivity index (χ3n) is 3.13. The largest absolute Gasteiger partial charge is 0.383 e. The second kappa shape index (κ2) is 9.03. The zero-order valence-electron chi connectivity index (χ0n) is 13.4. The Labute approximate surface area is 131 Å². The number of nitrogens with zero attached hydrogens (tertiary/aromatic N) is 1. The minimum absolute atomic E-state index is 0.130. The maximum atomic E-state index is 5.13. The highest BCUT2D eigenvalue weighted by Crippen LogP contribution is 2.28. The van der Waals surface area contributed by atoms with Gasteiger partial charge in [-0.05, 0) is 24.9 Å². The normalized spacial score (nSPS) is 13.7. The van der Waals surface area contributed by atoms with Gasteiger partial charge in [0.25, 0.3) is 0 Å². The molecule has 3 nitrogen and oxygen atoms in total. The van der Waals surface area contributed by atoms with Crippen molar-refractivity contribution in [2.24, 2.45) is 0 Å². The Bertz CT molecular complexity index is 364. The van der Waals surface area contributed by atoms with Crippen molar-refractivity contribution >= 4 is 23.1 Å². The van der Waals surface area contributed by atoms with Crippen LogP contribution in [-0.4, -0.2) is 37.3 Å². The Morgan fingerprint density at radius 3 is 2.75 bits per heavy atom. The fourth-order valence-electron chi connectivity index (χ4n) is 1.87. The van der Waals surface area contributed by atoms with E-state index in [1.165, 1.54) is 22.9 Å². The minimum atomic E-state index is 0.130. The van der Waals surface area contributed by atoms with Gasteiger partial charge in [0, 0.05) is 24.4 Å². The fourth-order valence-corrected chi connectivity index (χ4v) is 3.48. The van der Waals surface area contributed by atoms with Crippen LogP contribution < -0.4 is 5.32 Å². The second-order valence-corrected chi connectivity index (χ2v) is 7.83. The van der Waals surface area contributed by atoms with Gasteiger partial charge in [0.05, 0.1) is 18.3 Å². The molecule has 0 aliphatic rings. The molecule has 0 bridgehead atoms. The predicted octanol–water partition coefficient (Wildman–Crippen LogP) is 3.86. The lowest BCUT2D eigenvalue weighted by molar-refractivity contribution is 0.195. The van der Waals surface area contributed by atoms with E-state index in [1.54, 1.807) is 18.4 Å². The second-order valence-electron chi connectivity index (χ2n) is 5.96. The summed E-state index contributed by atoms with van der Waals surface area (Å²) >= 11 is 3.69. The van der Waals surface area contributed by atoms with Gasteiger partial charge in [-0.1, -0.05) is 20.8 Å². The Balaban J connectivity index is 2.67. The van der Waals surface area contributed by atoms with Crippen LogP contribution in [0, 0.1) is 0 Å². The highest BCUT2D eigenvalue weighted by atomic mass is 32.2. The molecule has 0 aromatic carbocycles. The van der Waals surface area contributed by atoms with Crippen molar-refractivity contribution in [1.29, 1.82) is 0 Å². The smallest absolute Gasteiger partial charge is 0.110 e. The van der Waals surface area contributed by atoms with Crippen molar-refractivity contribution in [3.8, 4) is 0 Å². The SMILES string of the molecule is COCCNC(CCCSC)c1nc(C(C)(C)C)cs1. The zero-order chi connectivity index (χ0) is 15.0. The molecule has 0 spiro atoms. The Kier molecular flexibility index (Phi) is 8.10. The van der Waals surface area contributed by atoms with E-state index in [2.05, 4.69) is 37.7 Å². The number of thioether (sulfide) groups is 1. The van der Waals surface area contributed by atoms with Crippen molar-refractivity contribution < 1.29 is 4.74 Å². The predicted molar refractivity (Wildman–Crippen MR) is 91.0 cm³/mol. The van der Waals surface area contributed by atoms with E-state index in [1.807, 2.05) is 11.8 Å². The maximum absolute atomic E-state index is 5.13. The monoisotopic (exact) mass is 316 g/mol. The summed E-state index contributed by atoms with van der Waals surface area (Å²) in [5.41, 5.74) is 1.33. The number of thiazole rings is 1. The molecular formula is C15H28N2OS2.